The summed E-state index contributed by atoms with van der Waals surface area (Å²) in [7, 11) is 0. The maximum absolute atomic E-state index is 12.6. The summed E-state index contributed by atoms with van der Waals surface area (Å²) in [4.78, 5) is 27.1. The number of amides is 1. The Morgan fingerprint density at radius 3 is 2.48 bits per heavy atom. The van der Waals surface area contributed by atoms with E-state index in [0.29, 0.717) is 17.0 Å². The number of ether oxygens (including phenoxy) is 1. The third-order valence-corrected chi connectivity index (χ3v) is 3.28. The second-order valence-corrected chi connectivity index (χ2v) is 5.39. The van der Waals surface area contributed by atoms with Crippen molar-refractivity contribution >= 4 is 17.7 Å². The number of hydrogen-bond acceptors (Lipinski definition) is 6. The number of hydrogen-bond donors (Lipinski definition) is 2. The molecule has 1 aromatic carbocycles. The Labute approximate surface area is 152 Å². The number of aromatic nitrogens is 2. The predicted octanol–water partition coefficient (Wildman–Crippen LogP) is 0.857. The Balaban J connectivity index is 1.94. The van der Waals surface area contributed by atoms with Gasteiger partial charge in [0, 0.05) is 11.3 Å². The minimum Gasteiger partial charge on any atom is -0.484 e. The van der Waals surface area contributed by atoms with Crippen LogP contribution < -0.4 is 16.2 Å². The van der Waals surface area contributed by atoms with Crippen LogP contribution in [0.4, 0.5) is 8.78 Å². The zero-order chi connectivity index (χ0) is 20.0. The van der Waals surface area contributed by atoms with Crippen LogP contribution in [0.3, 0.4) is 0 Å². The summed E-state index contributed by atoms with van der Waals surface area (Å²) in [6.45, 7) is 0.877. The Morgan fingerprint density at radius 1 is 1.26 bits per heavy atom. The number of nitrogens with zero attached hydrogens (tertiary/aromatic N) is 3. The molecule has 27 heavy (non-hydrogen) atoms. The van der Waals surface area contributed by atoms with Crippen LogP contribution in [0.1, 0.15) is 23.4 Å². The van der Waals surface area contributed by atoms with E-state index in [1.165, 1.54) is 37.3 Å². The molecule has 0 spiro atoms. The van der Waals surface area contributed by atoms with E-state index in [1.807, 2.05) is 0 Å². The highest BCUT2D eigenvalue weighted by atomic mass is 19.3. The highest BCUT2D eigenvalue weighted by Gasteiger charge is 2.15. The molecular weight excluding hydrogens is 364 g/mol. The van der Waals surface area contributed by atoms with E-state index in [9.17, 15) is 18.4 Å². The van der Waals surface area contributed by atoms with Gasteiger partial charge in [-0.1, -0.05) is 5.16 Å². The first kappa shape index (κ1) is 19.8. The number of aryl methyl sites for hydroxylation is 1. The van der Waals surface area contributed by atoms with Gasteiger partial charge in [-0.25, -0.2) is 13.6 Å². The molecule has 0 atom stereocenters. The third-order valence-electron chi connectivity index (χ3n) is 3.28. The van der Waals surface area contributed by atoms with Gasteiger partial charge >= 0.3 is 5.97 Å². The number of rotatable bonds is 8. The van der Waals surface area contributed by atoms with Crippen LogP contribution in [0, 0.1) is 6.92 Å². The lowest BCUT2D eigenvalue weighted by atomic mass is 10.2. The van der Waals surface area contributed by atoms with Gasteiger partial charge in [0.05, 0.1) is 0 Å². The van der Waals surface area contributed by atoms with E-state index in [4.69, 9.17) is 16.2 Å². The van der Waals surface area contributed by atoms with Crippen molar-refractivity contribution < 1.29 is 27.9 Å². The van der Waals surface area contributed by atoms with Crippen LogP contribution in [0.15, 0.2) is 35.5 Å². The molecule has 0 aliphatic rings. The number of benzene rings is 1. The number of nitrogens with two attached hydrogens (primary N) is 2. The van der Waals surface area contributed by atoms with Crippen LogP contribution in [-0.2, 0) is 21.0 Å². The maximum Gasteiger partial charge on any atom is 0.356 e. The smallest absolute Gasteiger partial charge is 0.356 e. The third kappa shape index (κ3) is 5.76. The molecule has 0 unspecified atom stereocenters. The van der Waals surface area contributed by atoms with Gasteiger partial charge in [0.15, 0.2) is 12.4 Å². The summed E-state index contributed by atoms with van der Waals surface area (Å²) in [6, 6.07) is 7.31. The van der Waals surface area contributed by atoms with E-state index in [1.54, 1.807) is 0 Å². The van der Waals surface area contributed by atoms with Crippen molar-refractivity contribution in [3.05, 3.63) is 47.3 Å². The molecule has 0 saturated heterocycles. The van der Waals surface area contributed by atoms with Crippen LogP contribution in [0.25, 0.3) is 0 Å². The highest BCUT2D eigenvalue weighted by Crippen LogP contribution is 2.18. The van der Waals surface area contributed by atoms with Crippen molar-refractivity contribution in [1.82, 2.24) is 9.78 Å². The van der Waals surface area contributed by atoms with Crippen molar-refractivity contribution in [3.63, 3.8) is 0 Å². The topological polar surface area (TPSA) is 135 Å². The Bertz CT molecular complexity index is 849. The normalized spacial score (nSPS) is 11.5. The van der Waals surface area contributed by atoms with Crippen molar-refractivity contribution in [1.29, 1.82) is 0 Å². The summed E-state index contributed by atoms with van der Waals surface area (Å²) < 4.78 is 31.4. The molecule has 2 aromatic rings. The van der Waals surface area contributed by atoms with Gasteiger partial charge in [-0.15, -0.1) is 0 Å². The number of carbonyl (C=O) groups excluding carboxylic acids is 2. The summed E-state index contributed by atoms with van der Waals surface area (Å²) >= 11 is 0. The maximum atomic E-state index is 12.6. The van der Waals surface area contributed by atoms with Gasteiger partial charge in [-0.2, -0.15) is 5.10 Å². The molecular formula is C16H17F2N5O4. The van der Waals surface area contributed by atoms with Gasteiger partial charge < -0.3 is 21.0 Å². The van der Waals surface area contributed by atoms with E-state index < -0.39 is 30.5 Å². The molecule has 0 aliphatic carbocycles. The number of halogens is 2. The lowest BCUT2D eigenvalue weighted by Gasteiger charge is -2.05. The van der Waals surface area contributed by atoms with Crippen LogP contribution in [0.2, 0.25) is 0 Å². The van der Waals surface area contributed by atoms with Gasteiger partial charge in [-0.05, 0) is 37.3 Å². The molecule has 4 N–H and O–H groups in total. The molecule has 0 radical (unpaired) electrons. The Morgan fingerprint density at radius 2 is 1.93 bits per heavy atom. The van der Waals surface area contributed by atoms with Crippen molar-refractivity contribution in [2.75, 3.05) is 6.61 Å². The zero-order valence-corrected chi connectivity index (χ0v) is 14.3. The second-order valence-electron chi connectivity index (χ2n) is 5.39. The van der Waals surface area contributed by atoms with Crippen molar-refractivity contribution in [2.24, 2.45) is 16.6 Å². The fourth-order valence-electron chi connectivity index (χ4n) is 1.98. The van der Waals surface area contributed by atoms with Crippen molar-refractivity contribution in [2.45, 2.75) is 19.9 Å². The average molecular weight is 381 g/mol. The Hall–Kier alpha value is -3.50. The summed E-state index contributed by atoms with van der Waals surface area (Å²) in [5.41, 5.74) is 11.1. The number of oxime groups is 1. The lowest BCUT2D eigenvalue weighted by molar-refractivity contribution is -0.144. The standard InChI is InChI=1S/C16H17F2N5O4/c1-9-6-12(15(17)18)21-23(9)7-14(25)27-22-16(20)10-2-4-11(5-3-10)26-8-13(19)24/h2-6,15H,7-8H2,1H3,(H2,19,24)(H2,20,22). The molecule has 11 heteroatoms. The van der Waals surface area contributed by atoms with Gasteiger partial charge in [-0.3, -0.25) is 9.48 Å². The van der Waals surface area contributed by atoms with E-state index in [-0.39, 0.29) is 12.4 Å². The van der Waals surface area contributed by atoms with E-state index >= 15 is 0 Å². The average Bonchev–Trinajstić information content (AvgIpc) is 2.99. The first-order valence-electron chi connectivity index (χ1n) is 7.63. The number of alkyl halides is 2. The minimum atomic E-state index is -2.73. The molecule has 0 bridgehead atoms. The molecule has 0 fully saturated rings. The molecule has 2 rings (SSSR count). The highest BCUT2D eigenvalue weighted by molar-refractivity contribution is 5.97. The molecule has 0 aliphatic heterocycles. The molecule has 1 aromatic heterocycles. The zero-order valence-electron chi connectivity index (χ0n) is 14.3. The van der Waals surface area contributed by atoms with Crippen LogP contribution in [0.5, 0.6) is 5.75 Å². The number of amidine groups is 1. The van der Waals surface area contributed by atoms with Crippen molar-refractivity contribution in [3.8, 4) is 5.75 Å². The SMILES string of the molecule is Cc1cc(C(F)F)nn1CC(=O)O/N=C(\N)c1ccc(OCC(N)=O)cc1. The molecule has 0 saturated carbocycles. The van der Waals surface area contributed by atoms with Crippen LogP contribution >= 0.6 is 0 Å². The first-order valence-corrected chi connectivity index (χ1v) is 7.63. The fraction of sp³-hybridized carbons (Fsp3) is 0.250. The molecule has 9 nitrogen and oxygen atoms in total. The van der Waals surface area contributed by atoms with Gasteiger partial charge in [0.1, 0.15) is 18.0 Å². The van der Waals surface area contributed by atoms with Crippen LogP contribution in [-0.4, -0.2) is 34.1 Å². The summed E-state index contributed by atoms with van der Waals surface area (Å²) in [5, 5.41) is 7.12. The number of primary amides is 1. The number of carbonyl (C=O) groups is 2. The molecule has 1 amide bonds. The monoisotopic (exact) mass is 381 g/mol. The minimum absolute atomic E-state index is 0.0877. The quantitative estimate of drug-likeness (QED) is 0.301. The first-order chi connectivity index (χ1) is 12.8. The van der Waals surface area contributed by atoms with Gasteiger partial charge in [0.25, 0.3) is 12.3 Å². The Kier molecular flexibility index (Phi) is 6.41. The molecule has 144 valence electrons. The van der Waals surface area contributed by atoms with Gasteiger partial charge in [0.2, 0.25) is 0 Å². The fourth-order valence-corrected chi connectivity index (χ4v) is 1.98. The summed E-state index contributed by atoms with van der Waals surface area (Å²) in [6.07, 6.45) is -2.73. The lowest BCUT2D eigenvalue weighted by Crippen LogP contribution is -2.20. The predicted molar refractivity (Wildman–Crippen MR) is 89.9 cm³/mol. The molecule has 1 heterocycles. The van der Waals surface area contributed by atoms with E-state index in [0.717, 1.165) is 4.68 Å². The van der Waals surface area contributed by atoms with E-state index in [2.05, 4.69) is 15.1 Å². The largest absolute Gasteiger partial charge is 0.484 e. The summed E-state index contributed by atoms with van der Waals surface area (Å²) in [5.74, 6) is -1.13. The second kappa shape index (κ2) is 8.74.